The van der Waals surface area contributed by atoms with Crippen LogP contribution in [0.1, 0.15) is 37.5 Å². The van der Waals surface area contributed by atoms with Gasteiger partial charge in [0.15, 0.2) is 11.5 Å². The average Bonchev–Trinajstić information content (AvgIpc) is 2.63. The predicted molar refractivity (Wildman–Crippen MR) is 70.6 cm³/mol. The SMILES string of the molecule is NC1CC2(C1)CC(c1nc3cc(Cl)ccc3o1)C2. The number of hydrogen-bond acceptors (Lipinski definition) is 3. The van der Waals surface area contributed by atoms with Gasteiger partial charge < -0.3 is 10.2 Å². The predicted octanol–water partition coefficient (Wildman–Crippen LogP) is 3.47. The molecule has 4 rings (SSSR count). The van der Waals surface area contributed by atoms with Crippen molar-refractivity contribution < 1.29 is 4.42 Å². The first-order valence-corrected chi connectivity index (χ1v) is 6.83. The lowest BCUT2D eigenvalue weighted by Gasteiger charge is -2.56. The minimum Gasteiger partial charge on any atom is -0.440 e. The topological polar surface area (TPSA) is 52.0 Å². The number of hydrogen-bond donors (Lipinski definition) is 1. The van der Waals surface area contributed by atoms with Crippen LogP contribution in [0.25, 0.3) is 11.1 Å². The zero-order valence-electron chi connectivity index (χ0n) is 10.0. The van der Waals surface area contributed by atoms with E-state index in [2.05, 4.69) is 4.98 Å². The molecule has 0 saturated heterocycles. The average molecular weight is 263 g/mol. The maximum atomic E-state index is 5.95. The lowest BCUT2D eigenvalue weighted by molar-refractivity contribution is -0.0156. The summed E-state index contributed by atoms with van der Waals surface area (Å²) in [6.45, 7) is 0. The minimum atomic E-state index is 0.424. The Morgan fingerprint density at radius 2 is 2.06 bits per heavy atom. The van der Waals surface area contributed by atoms with Crippen LogP contribution in [0.5, 0.6) is 0 Å². The molecule has 2 fully saturated rings. The molecule has 0 bridgehead atoms. The Bertz CT molecular complexity index is 607. The highest BCUT2D eigenvalue weighted by Gasteiger charge is 2.53. The third-order valence-corrected chi connectivity index (χ3v) is 4.70. The van der Waals surface area contributed by atoms with E-state index in [1.54, 1.807) is 0 Å². The van der Waals surface area contributed by atoms with Gasteiger partial charge in [0.05, 0.1) is 0 Å². The van der Waals surface area contributed by atoms with E-state index in [1.807, 2.05) is 18.2 Å². The molecule has 94 valence electrons. The smallest absolute Gasteiger partial charge is 0.198 e. The molecule has 1 spiro atoms. The van der Waals surface area contributed by atoms with Gasteiger partial charge in [-0.3, -0.25) is 0 Å². The summed E-state index contributed by atoms with van der Waals surface area (Å²) in [5.41, 5.74) is 8.09. The quantitative estimate of drug-likeness (QED) is 0.856. The van der Waals surface area contributed by atoms with Gasteiger partial charge in [0.1, 0.15) is 5.52 Å². The highest BCUT2D eigenvalue weighted by atomic mass is 35.5. The molecule has 1 aromatic carbocycles. The van der Waals surface area contributed by atoms with Crippen LogP contribution in [0.4, 0.5) is 0 Å². The second kappa shape index (κ2) is 3.49. The number of benzene rings is 1. The van der Waals surface area contributed by atoms with Gasteiger partial charge in [-0.15, -0.1) is 0 Å². The third kappa shape index (κ3) is 1.50. The number of oxazole rings is 1. The summed E-state index contributed by atoms with van der Waals surface area (Å²) in [4.78, 5) is 4.56. The number of fused-ring (bicyclic) bond motifs is 1. The van der Waals surface area contributed by atoms with Crippen molar-refractivity contribution >= 4 is 22.7 Å². The monoisotopic (exact) mass is 262 g/mol. The van der Waals surface area contributed by atoms with Crippen molar-refractivity contribution in [3.8, 4) is 0 Å². The van der Waals surface area contributed by atoms with Crippen LogP contribution < -0.4 is 5.73 Å². The van der Waals surface area contributed by atoms with Crippen LogP contribution in [-0.4, -0.2) is 11.0 Å². The summed E-state index contributed by atoms with van der Waals surface area (Å²) in [6.07, 6.45) is 4.72. The third-order valence-electron chi connectivity index (χ3n) is 4.46. The summed E-state index contributed by atoms with van der Waals surface area (Å²) in [5.74, 6) is 1.35. The van der Waals surface area contributed by atoms with Crippen LogP contribution in [0.15, 0.2) is 22.6 Å². The highest BCUT2D eigenvalue weighted by molar-refractivity contribution is 6.31. The first kappa shape index (κ1) is 10.8. The summed E-state index contributed by atoms with van der Waals surface area (Å²) in [7, 11) is 0. The first-order valence-electron chi connectivity index (χ1n) is 6.45. The second-order valence-corrected chi connectivity index (χ2v) is 6.37. The number of nitrogens with zero attached hydrogens (tertiary/aromatic N) is 1. The summed E-state index contributed by atoms with van der Waals surface area (Å²) in [6, 6.07) is 6.01. The van der Waals surface area contributed by atoms with Crippen molar-refractivity contribution in [3.63, 3.8) is 0 Å². The van der Waals surface area contributed by atoms with E-state index >= 15 is 0 Å². The molecule has 3 nitrogen and oxygen atoms in total. The van der Waals surface area contributed by atoms with Crippen LogP contribution in [-0.2, 0) is 0 Å². The van der Waals surface area contributed by atoms with Crippen LogP contribution >= 0.6 is 11.6 Å². The van der Waals surface area contributed by atoms with E-state index in [1.165, 1.54) is 25.7 Å². The molecular formula is C14H15ClN2O. The molecule has 1 aromatic heterocycles. The largest absolute Gasteiger partial charge is 0.440 e. The maximum absolute atomic E-state index is 5.95. The Kier molecular flexibility index (Phi) is 2.10. The summed E-state index contributed by atoms with van der Waals surface area (Å²) in [5, 5.41) is 0.706. The lowest BCUT2D eigenvalue weighted by atomic mass is 9.50. The molecule has 2 aliphatic rings. The molecule has 0 radical (unpaired) electrons. The molecule has 18 heavy (non-hydrogen) atoms. The molecule has 2 N–H and O–H groups in total. The van der Waals surface area contributed by atoms with Crippen molar-refractivity contribution in [2.24, 2.45) is 11.1 Å². The Balaban J connectivity index is 1.57. The van der Waals surface area contributed by atoms with E-state index in [9.17, 15) is 0 Å². The molecule has 1 heterocycles. The van der Waals surface area contributed by atoms with E-state index in [0.29, 0.717) is 22.4 Å². The van der Waals surface area contributed by atoms with E-state index < -0.39 is 0 Å². The molecular weight excluding hydrogens is 248 g/mol. The van der Waals surface area contributed by atoms with Gasteiger partial charge >= 0.3 is 0 Å². The van der Waals surface area contributed by atoms with Gasteiger partial charge in [-0.05, 0) is 49.3 Å². The van der Waals surface area contributed by atoms with Crippen molar-refractivity contribution in [3.05, 3.63) is 29.1 Å². The van der Waals surface area contributed by atoms with E-state index in [4.69, 9.17) is 21.8 Å². The fourth-order valence-electron chi connectivity index (χ4n) is 3.64. The van der Waals surface area contributed by atoms with Crippen LogP contribution in [0, 0.1) is 5.41 Å². The Hall–Kier alpha value is -1.06. The molecule has 0 unspecified atom stereocenters. The van der Waals surface area contributed by atoms with Gasteiger partial charge in [-0.1, -0.05) is 11.6 Å². The molecule has 0 atom stereocenters. The first-order chi connectivity index (χ1) is 8.63. The zero-order chi connectivity index (χ0) is 12.3. The fourth-order valence-corrected chi connectivity index (χ4v) is 3.81. The standard InChI is InChI=1S/C14H15ClN2O/c15-9-1-2-12-11(3-9)17-13(18-12)8-4-14(5-8)6-10(16)7-14/h1-3,8,10H,4-7,16H2. The lowest BCUT2D eigenvalue weighted by Crippen LogP contribution is -2.52. The molecule has 4 heteroatoms. The number of nitrogens with two attached hydrogens (primary N) is 1. The minimum absolute atomic E-state index is 0.424. The Morgan fingerprint density at radius 3 is 2.78 bits per heavy atom. The van der Waals surface area contributed by atoms with Gasteiger partial charge in [-0.2, -0.15) is 0 Å². The number of aromatic nitrogens is 1. The molecule has 2 aromatic rings. The van der Waals surface area contributed by atoms with Crippen molar-refractivity contribution in [2.45, 2.75) is 37.6 Å². The second-order valence-electron chi connectivity index (χ2n) is 5.94. The molecule has 2 saturated carbocycles. The molecule has 0 aliphatic heterocycles. The van der Waals surface area contributed by atoms with Gasteiger partial charge in [0.25, 0.3) is 0 Å². The van der Waals surface area contributed by atoms with Gasteiger partial charge in [0.2, 0.25) is 0 Å². The Morgan fingerprint density at radius 1 is 1.28 bits per heavy atom. The highest BCUT2D eigenvalue weighted by Crippen LogP contribution is 2.61. The van der Waals surface area contributed by atoms with Gasteiger partial charge in [0, 0.05) is 17.0 Å². The van der Waals surface area contributed by atoms with Crippen molar-refractivity contribution in [1.82, 2.24) is 4.98 Å². The van der Waals surface area contributed by atoms with Crippen molar-refractivity contribution in [1.29, 1.82) is 0 Å². The maximum Gasteiger partial charge on any atom is 0.198 e. The summed E-state index contributed by atoms with van der Waals surface area (Å²) >= 11 is 5.95. The van der Waals surface area contributed by atoms with Crippen LogP contribution in [0.3, 0.4) is 0 Å². The van der Waals surface area contributed by atoms with Crippen molar-refractivity contribution in [2.75, 3.05) is 0 Å². The van der Waals surface area contributed by atoms with Gasteiger partial charge in [-0.25, -0.2) is 4.98 Å². The number of rotatable bonds is 1. The van der Waals surface area contributed by atoms with E-state index in [-0.39, 0.29) is 0 Å². The normalized spacial score (nSPS) is 34.6. The fraction of sp³-hybridized carbons (Fsp3) is 0.500. The van der Waals surface area contributed by atoms with Crippen LogP contribution in [0.2, 0.25) is 5.02 Å². The summed E-state index contributed by atoms with van der Waals surface area (Å²) < 4.78 is 5.81. The number of halogens is 1. The Labute approximate surface area is 110 Å². The molecule has 2 aliphatic carbocycles. The molecule has 0 amide bonds. The zero-order valence-corrected chi connectivity index (χ0v) is 10.8. The van der Waals surface area contributed by atoms with E-state index in [0.717, 1.165) is 17.0 Å².